The lowest BCUT2D eigenvalue weighted by molar-refractivity contribution is 0.0814. The van der Waals surface area contributed by atoms with Gasteiger partial charge in [-0.15, -0.1) is 0 Å². The highest BCUT2D eigenvalue weighted by molar-refractivity contribution is 5.94. The number of H-pyrrole nitrogens is 1. The Labute approximate surface area is 73.5 Å². The van der Waals surface area contributed by atoms with Gasteiger partial charge in [-0.2, -0.15) is 5.10 Å². The minimum Gasteiger partial charge on any atom is -0.345 e. The third-order valence-corrected chi connectivity index (χ3v) is 1.52. The molecule has 4 nitrogen and oxygen atoms in total. The summed E-state index contributed by atoms with van der Waals surface area (Å²) in [5.74, 6) is -0.482. The van der Waals surface area contributed by atoms with Crippen LogP contribution in [-0.4, -0.2) is 35.1 Å². The van der Waals surface area contributed by atoms with Crippen LogP contribution in [0.25, 0.3) is 0 Å². The van der Waals surface area contributed by atoms with Crippen LogP contribution >= 0.6 is 0 Å². The van der Waals surface area contributed by atoms with Crippen molar-refractivity contribution in [2.45, 2.75) is 6.43 Å². The SMILES string of the molecule is CN(C)C(=O)c1cn[nH]c1C(F)F. The van der Waals surface area contributed by atoms with Crippen molar-refractivity contribution < 1.29 is 13.6 Å². The van der Waals surface area contributed by atoms with Crippen molar-refractivity contribution in [3.8, 4) is 0 Å². The third-order valence-electron chi connectivity index (χ3n) is 1.52. The standard InChI is InChI=1S/C7H9F2N3O/c1-12(2)7(13)4-3-10-11-5(4)6(8)9/h3,6H,1-2H3,(H,10,11). The summed E-state index contributed by atoms with van der Waals surface area (Å²) in [5, 5.41) is 5.49. The van der Waals surface area contributed by atoms with E-state index in [1.807, 2.05) is 0 Å². The van der Waals surface area contributed by atoms with E-state index in [4.69, 9.17) is 0 Å². The van der Waals surface area contributed by atoms with E-state index in [0.717, 1.165) is 6.20 Å². The maximum absolute atomic E-state index is 12.2. The maximum atomic E-state index is 12.2. The quantitative estimate of drug-likeness (QED) is 0.755. The molecule has 1 heterocycles. The monoisotopic (exact) mass is 189 g/mol. The van der Waals surface area contributed by atoms with Crippen molar-refractivity contribution in [2.24, 2.45) is 0 Å². The molecule has 0 aliphatic rings. The molecule has 72 valence electrons. The number of alkyl halides is 2. The number of rotatable bonds is 2. The fraction of sp³-hybridized carbons (Fsp3) is 0.429. The van der Waals surface area contributed by atoms with Crippen molar-refractivity contribution in [3.63, 3.8) is 0 Å². The summed E-state index contributed by atoms with van der Waals surface area (Å²) in [4.78, 5) is 12.5. The first-order valence-corrected chi connectivity index (χ1v) is 3.57. The molecule has 6 heteroatoms. The first kappa shape index (κ1) is 9.63. The highest BCUT2D eigenvalue weighted by Crippen LogP contribution is 2.20. The number of aromatic amines is 1. The molecule has 0 saturated heterocycles. The second-order valence-corrected chi connectivity index (χ2v) is 2.70. The van der Waals surface area contributed by atoms with Crippen molar-refractivity contribution >= 4 is 5.91 Å². The van der Waals surface area contributed by atoms with Crippen LogP contribution in [-0.2, 0) is 0 Å². The number of amides is 1. The minimum absolute atomic E-state index is 0.0833. The van der Waals surface area contributed by atoms with E-state index in [9.17, 15) is 13.6 Å². The molecule has 0 aromatic carbocycles. The molecule has 1 amide bonds. The van der Waals surface area contributed by atoms with E-state index in [2.05, 4.69) is 10.2 Å². The molecule has 0 bridgehead atoms. The van der Waals surface area contributed by atoms with Gasteiger partial charge in [-0.05, 0) is 0 Å². The number of nitrogens with one attached hydrogen (secondary N) is 1. The molecule has 0 atom stereocenters. The number of carbonyl (C=O) groups is 1. The molecule has 1 rings (SSSR count). The average molecular weight is 189 g/mol. The van der Waals surface area contributed by atoms with Gasteiger partial charge >= 0.3 is 0 Å². The summed E-state index contributed by atoms with van der Waals surface area (Å²) in [5.41, 5.74) is -0.515. The van der Waals surface area contributed by atoms with Crippen LogP contribution in [0, 0.1) is 0 Å². The molecule has 13 heavy (non-hydrogen) atoms. The van der Waals surface area contributed by atoms with Crippen molar-refractivity contribution in [1.29, 1.82) is 0 Å². The number of carbonyl (C=O) groups excluding carboxylic acids is 1. The highest BCUT2D eigenvalue weighted by atomic mass is 19.3. The number of aromatic nitrogens is 2. The number of hydrogen-bond donors (Lipinski definition) is 1. The predicted octanol–water partition coefficient (Wildman–Crippen LogP) is 1.05. The molecule has 0 aliphatic heterocycles. The lowest BCUT2D eigenvalue weighted by atomic mass is 10.2. The Balaban J connectivity index is 3.01. The van der Waals surface area contributed by atoms with Crippen LogP contribution in [0.1, 0.15) is 22.5 Å². The van der Waals surface area contributed by atoms with E-state index in [1.54, 1.807) is 0 Å². The van der Waals surface area contributed by atoms with Crippen LogP contribution in [0.2, 0.25) is 0 Å². The van der Waals surface area contributed by atoms with Gasteiger partial charge < -0.3 is 4.90 Å². The van der Waals surface area contributed by atoms with Crippen LogP contribution in [0.15, 0.2) is 6.20 Å². The van der Waals surface area contributed by atoms with Crippen LogP contribution in [0.4, 0.5) is 8.78 Å². The maximum Gasteiger partial charge on any atom is 0.280 e. The minimum atomic E-state index is -2.71. The van der Waals surface area contributed by atoms with E-state index >= 15 is 0 Å². The van der Waals surface area contributed by atoms with Gasteiger partial charge in [0.2, 0.25) is 0 Å². The predicted molar refractivity (Wildman–Crippen MR) is 41.6 cm³/mol. The molecule has 0 radical (unpaired) electrons. The van der Waals surface area contributed by atoms with Crippen LogP contribution < -0.4 is 0 Å². The van der Waals surface area contributed by atoms with Crippen molar-refractivity contribution in [1.82, 2.24) is 15.1 Å². The molecule has 0 aliphatic carbocycles. The van der Waals surface area contributed by atoms with Crippen LogP contribution in [0.3, 0.4) is 0 Å². The summed E-state index contributed by atoms with van der Waals surface area (Å²) in [6, 6.07) is 0. The van der Waals surface area contributed by atoms with Gasteiger partial charge in [0.1, 0.15) is 5.69 Å². The molecule has 0 unspecified atom stereocenters. The largest absolute Gasteiger partial charge is 0.345 e. The smallest absolute Gasteiger partial charge is 0.280 e. The van der Waals surface area contributed by atoms with Crippen molar-refractivity contribution in [2.75, 3.05) is 14.1 Å². The zero-order valence-corrected chi connectivity index (χ0v) is 7.21. The lowest BCUT2D eigenvalue weighted by Gasteiger charge is -2.09. The molecule has 1 aromatic rings. The molecular weight excluding hydrogens is 180 g/mol. The molecule has 0 spiro atoms. The molecule has 1 N–H and O–H groups in total. The third kappa shape index (κ3) is 1.82. The van der Waals surface area contributed by atoms with E-state index in [0.29, 0.717) is 0 Å². The van der Waals surface area contributed by atoms with Gasteiger partial charge in [-0.3, -0.25) is 9.89 Å². The molecule has 1 aromatic heterocycles. The zero-order chi connectivity index (χ0) is 10.0. The fourth-order valence-electron chi connectivity index (χ4n) is 0.874. The fourth-order valence-corrected chi connectivity index (χ4v) is 0.874. The summed E-state index contributed by atoms with van der Waals surface area (Å²) >= 11 is 0. The second kappa shape index (κ2) is 3.51. The Bertz CT molecular complexity index is 308. The Kier molecular flexibility index (Phi) is 2.60. The first-order valence-electron chi connectivity index (χ1n) is 3.57. The Morgan fingerprint density at radius 3 is 2.69 bits per heavy atom. The molecule has 0 fully saturated rings. The first-order chi connectivity index (χ1) is 6.04. The van der Waals surface area contributed by atoms with Gasteiger partial charge in [0.05, 0.1) is 11.8 Å². The van der Waals surface area contributed by atoms with E-state index < -0.39 is 18.0 Å². The lowest BCUT2D eigenvalue weighted by Crippen LogP contribution is -2.22. The average Bonchev–Trinajstić information content (AvgIpc) is 2.50. The van der Waals surface area contributed by atoms with Crippen molar-refractivity contribution in [3.05, 3.63) is 17.5 Å². The Morgan fingerprint density at radius 1 is 1.62 bits per heavy atom. The summed E-state index contributed by atoms with van der Waals surface area (Å²) in [6.45, 7) is 0. The summed E-state index contributed by atoms with van der Waals surface area (Å²) < 4.78 is 24.5. The van der Waals surface area contributed by atoms with Gasteiger partial charge in [0.25, 0.3) is 12.3 Å². The van der Waals surface area contributed by atoms with E-state index in [1.165, 1.54) is 19.0 Å². The summed E-state index contributed by atoms with van der Waals surface area (Å²) in [7, 11) is 2.98. The topological polar surface area (TPSA) is 49.0 Å². The number of halogens is 2. The van der Waals surface area contributed by atoms with Gasteiger partial charge in [0.15, 0.2) is 0 Å². The number of nitrogens with zero attached hydrogens (tertiary/aromatic N) is 2. The highest BCUT2D eigenvalue weighted by Gasteiger charge is 2.21. The Hall–Kier alpha value is -1.46. The van der Waals surface area contributed by atoms with Gasteiger partial charge in [-0.1, -0.05) is 0 Å². The second-order valence-electron chi connectivity index (χ2n) is 2.70. The molecular formula is C7H9F2N3O. The Morgan fingerprint density at radius 2 is 2.23 bits per heavy atom. The van der Waals surface area contributed by atoms with Gasteiger partial charge in [-0.25, -0.2) is 8.78 Å². The molecule has 0 saturated carbocycles. The zero-order valence-electron chi connectivity index (χ0n) is 7.21. The van der Waals surface area contributed by atoms with E-state index in [-0.39, 0.29) is 5.56 Å². The normalized spacial score (nSPS) is 10.5. The van der Waals surface area contributed by atoms with Crippen LogP contribution in [0.5, 0.6) is 0 Å². The summed E-state index contributed by atoms with van der Waals surface area (Å²) in [6.07, 6.45) is -1.61. The van der Waals surface area contributed by atoms with Gasteiger partial charge in [0, 0.05) is 14.1 Å². The number of hydrogen-bond acceptors (Lipinski definition) is 2.